The van der Waals surface area contributed by atoms with Gasteiger partial charge < -0.3 is 4.90 Å². The third-order valence-electron chi connectivity index (χ3n) is 4.11. The quantitative estimate of drug-likeness (QED) is 0.855. The van der Waals surface area contributed by atoms with Crippen molar-refractivity contribution in [2.24, 2.45) is 0 Å². The highest BCUT2D eigenvalue weighted by Gasteiger charge is 2.29. The number of amides is 1. The second-order valence-corrected chi connectivity index (χ2v) is 5.79. The van der Waals surface area contributed by atoms with Crippen LogP contribution in [-0.2, 0) is 0 Å². The normalized spacial score (nSPS) is 18.3. The second kappa shape index (κ2) is 6.06. The van der Waals surface area contributed by atoms with Crippen LogP contribution in [0.4, 0.5) is 8.78 Å². The van der Waals surface area contributed by atoms with Gasteiger partial charge in [0.2, 0.25) is 0 Å². The average molecular weight is 320 g/mol. The maximum absolute atomic E-state index is 13.8. The molecular weight excluding hydrogens is 302 g/mol. The second-order valence-electron chi connectivity index (χ2n) is 5.79. The molecule has 122 valence electrons. The van der Waals surface area contributed by atoms with E-state index < -0.39 is 23.1 Å². The Morgan fingerprint density at radius 3 is 2.57 bits per heavy atom. The van der Waals surface area contributed by atoms with E-state index >= 15 is 0 Å². The van der Waals surface area contributed by atoms with Crippen LogP contribution in [-0.4, -0.2) is 38.7 Å². The van der Waals surface area contributed by atoms with Crippen molar-refractivity contribution in [2.75, 3.05) is 13.1 Å². The Kier molecular flexibility index (Phi) is 4.11. The van der Waals surface area contributed by atoms with Crippen LogP contribution < -0.4 is 0 Å². The predicted octanol–water partition coefficient (Wildman–Crippen LogP) is 2.65. The molecule has 1 amide bonds. The molecule has 5 nitrogen and oxygen atoms in total. The maximum Gasteiger partial charge on any atom is 0.259 e. The van der Waals surface area contributed by atoms with Gasteiger partial charge in [-0.1, -0.05) is 6.07 Å². The third-order valence-corrected chi connectivity index (χ3v) is 4.11. The number of carbonyl (C=O) groups is 1. The molecule has 3 rings (SSSR count). The maximum atomic E-state index is 13.8. The number of hydrogen-bond acceptors (Lipinski definition) is 3. The van der Waals surface area contributed by atoms with E-state index in [2.05, 4.69) is 10.1 Å². The molecule has 1 atom stereocenters. The van der Waals surface area contributed by atoms with Gasteiger partial charge in [-0.2, -0.15) is 5.10 Å². The van der Waals surface area contributed by atoms with E-state index in [1.165, 1.54) is 11.0 Å². The summed E-state index contributed by atoms with van der Waals surface area (Å²) >= 11 is 0. The molecule has 0 radical (unpaired) electrons. The zero-order valence-electron chi connectivity index (χ0n) is 13.1. The topological polar surface area (TPSA) is 51.0 Å². The molecule has 1 saturated heterocycles. The summed E-state index contributed by atoms with van der Waals surface area (Å²) in [5.41, 5.74) is -0.486. The van der Waals surface area contributed by atoms with Crippen LogP contribution in [0.25, 0.3) is 0 Å². The van der Waals surface area contributed by atoms with Gasteiger partial charge in [0.1, 0.15) is 28.8 Å². The van der Waals surface area contributed by atoms with Crippen LogP contribution >= 0.6 is 0 Å². The van der Waals surface area contributed by atoms with E-state index in [9.17, 15) is 13.6 Å². The summed E-state index contributed by atoms with van der Waals surface area (Å²) < 4.78 is 29.5. The van der Waals surface area contributed by atoms with Crippen molar-refractivity contribution in [2.45, 2.75) is 32.7 Å². The van der Waals surface area contributed by atoms with E-state index in [0.717, 1.165) is 30.8 Å². The lowest BCUT2D eigenvalue weighted by Crippen LogP contribution is -2.41. The van der Waals surface area contributed by atoms with Gasteiger partial charge in [0.25, 0.3) is 5.91 Å². The number of likely N-dealkylation sites (tertiary alicyclic amines) is 1. The number of aromatic nitrogens is 3. The SMILES string of the molecule is Cc1nc(C)n(C2CCCN(C(=O)c3c(F)cccc3F)C2)n1. The summed E-state index contributed by atoms with van der Waals surface area (Å²) in [7, 11) is 0. The molecular formula is C16H18F2N4O. The largest absolute Gasteiger partial charge is 0.336 e. The minimum Gasteiger partial charge on any atom is -0.336 e. The molecule has 1 aromatic heterocycles. The summed E-state index contributed by atoms with van der Waals surface area (Å²) in [4.78, 5) is 18.3. The van der Waals surface area contributed by atoms with Crippen LogP contribution in [0.2, 0.25) is 0 Å². The smallest absolute Gasteiger partial charge is 0.259 e. The number of nitrogens with zero attached hydrogens (tertiary/aromatic N) is 4. The number of hydrogen-bond donors (Lipinski definition) is 0. The van der Waals surface area contributed by atoms with Crippen molar-refractivity contribution in [3.05, 3.63) is 47.0 Å². The van der Waals surface area contributed by atoms with E-state index in [0.29, 0.717) is 18.9 Å². The van der Waals surface area contributed by atoms with Gasteiger partial charge in [-0.3, -0.25) is 4.79 Å². The van der Waals surface area contributed by atoms with Crippen molar-refractivity contribution >= 4 is 5.91 Å². The zero-order chi connectivity index (χ0) is 16.6. The molecule has 0 spiro atoms. The predicted molar refractivity (Wildman–Crippen MR) is 80.0 cm³/mol. The molecule has 2 heterocycles. The average Bonchev–Trinajstić information content (AvgIpc) is 2.86. The van der Waals surface area contributed by atoms with Crippen molar-refractivity contribution in [3.8, 4) is 0 Å². The highest BCUT2D eigenvalue weighted by molar-refractivity contribution is 5.94. The molecule has 23 heavy (non-hydrogen) atoms. The van der Waals surface area contributed by atoms with Gasteiger partial charge >= 0.3 is 0 Å². The van der Waals surface area contributed by atoms with E-state index in [1.54, 1.807) is 4.68 Å². The first kappa shape index (κ1) is 15.6. The number of rotatable bonds is 2. The molecule has 2 aromatic rings. The molecule has 0 N–H and O–H groups in total. The summed E-state index contributed by atoms with van der Waals surface area (Å²) in [6.07, 6.45) is 1.61. The molecule has 1 aliphatic rings. The molecule has 1 fully saturated rings. The van der Waals surface area contributed by atoms with E-state index in [-0.39, 0.29) is 6.04 Å². The fraction of sp³-hybridized carbons (Fsp3) is 0.438. The van der Waals surface area contributed by atoms with Crippen LogP contribution in [0.15, 0.2) is 18.2 Å². The fourth-order valence-corrected chi connectivity index (χ4v) is 3.08. The van der Waals surface area contributed by atoms with Crippen LogP contribution in [0.1, 0.15) is 40.9 Å². The van der Waals surface area contributed by atoms with Gasteiger partial charge in [0.05, 0.1) is 6.04 Å². The Hall–Kier alpha value is -2.31. The third kappa shape index (κ3) is 2.95. The lowest BCUT2D eigenvalue weighted by atomic mass is 10.0. The molecule has 0 aliphatic carbocycles. The number of piperidine rings is 1. The Morgan fingerprint density at radius 2 is 1.96 bits per heavy atom. The lowest BCUT2D eigenvalue weighted by molar-refractivity contribution is 0.0661. The van der Waals surface area contributed by atoms with Crippen molar-refractivity contribution in [1.82, 2.24) is 19.7 Å². The Labute approximate surface area is 132 Å². The van der Waals surface area contributed by atoms with Gasteiger partial charge in [0, 0.05) is 13.1 Å². The van der Waals surface area contributed by atoms with Crippen molar-refractivity contribution in [1.29, 1.82) is 0 Å². The van der Waals surface area contributed by atoms with Gasteiger partial charge in [0.15, 0.2) is 0 Å². The Morgan fingerprint density at radius 1 is 1.26 bits per heavy atom. The van der Waals surface area contributed by atoms with Crippen LogP contribution in [0, 0.1) is 25.5 Å². The summed E-state index contributed by atoms with van der Waals surface area (Å²) in [6, 6.07) is 3.43. The minimum absolute atomic E-state index is 0.0243. The molecule has 7 heteroatoms. The van der Waals surface area contributed by atoms with Crippen LogP contribution in [0.5, 0.6) is 0 Å². The molecule has 0 bridgehead atoms. The minimum atomic E-state index is -0.829. The first-order valence-electron chi connectivity index (χ1n) is 7.60. The fourth-order valence-electron chi connectivity index (χ4n) is 3.08. The summed E-state index contributed by atoms with van der Waals surface area (Å²) in [5.74, 6) is -0.820. The molecule has 1 aromatic carbocycles. The number of benzene rings is 1. The van der Waals surface area contributed by atoms with E-state index in [4.69, 9.17) is 0 Å². The first-order valence-corrected chi connectivity index (χ1v) is 7.60. The van der Waals surface area contributed by atoms with Gasteiger partial charge in [-0.25, -0.2) is 18.4 Å². The first-order chi connectivity index (χ1) is 11.0. The van der Waals surface area contributed by atoms with Crippen molar-refractivity contribution in [3.63, 3.8) is 0 Å². The molecule has 1 aliphatic heterocycles. The highest BCUT2D eigenvalue weighted by atomic mass is 19.1. The van der Waals surface area contributed by atoms with Gasteiger partial charge in [-0.05, 0) is 38.8 Å². The lowest BCUT2D eigenvalue weighted by Gasteiger charge is -2.33. The van der Waals surface area contributed by atoms with Gasteiger partial charge in [-0.15, -0.1) is 0 Å². The zero-order valence-corrected chi connectivity index (χ0v) is 13.1. The molecule has 1 unspecified atom stereocenters. The standard InChI is InChI=1S/C16H18F2N4O/c1-10-19-11(2)22(20-10)12-5-4-8-21(9-12)16(23)15-13(17)6-3-7-14(15)18/h3,6-7,12H,4-5,8-9H2,1-2H3. The number of halogens is 2. The Balaban J connectivity index is 1.84. The summed E-state index contributed by atoms with van der Waals surface area (Å²) in [6.45, 7) is 4.52. The Bertz CT molecular complexity index is 723. The number of aryl methyl sites for hydroxylation is 2. The van der Waals surface area contributed by atoms with E-state index in [1.807, 2.05) is 13.8 Å². The number of carbonyl (C=O) groups excluding carboxylic acids is 1. The van der Waals surface area contributed by atoms with Crippen molar-refractivity contribution < 1.29 is 13.6 Å². The molecule has 0 saturated carbocycles. The highest BCUT2D eigenvalue weighted by Crippen LogP contribution is 2.24. The monoisotopic (exact) mass is 320 g/mol. The summed E-state index contributed by atoms with van der Waals surface area (Å²) in [5, 5.41) is 4.35. The van der Waals surface area contributed by atoms with Crippen LogP contribution in [0.3, 0.4) is 0 Å².